The van der Waals surface area contributed by atoms with Crippen LogP contribution in [0.2, 0.25) is 0 Å². The summed E-state index contributed by atoms with van der Waals surface area (Å²) in [5, 5.41) is 13.6. The summed E-state index contributed by atoms with van der Waals surface area (Å²) in [6, 6.07) is 0. The third-order valence-corrected chi connectivity index (χ3v) is 6.09. The van der Waals surface area contributed by atoms with Crippen LogP contribution in [0.1, 0.15) is 35.8 Å². The number of nitrogens with zero attached hydrogens (tertiary/aromatic N) is 4. The number of thiazole rings is 1. The smallest absolute Gasteiger partial charge is 0.253 e. The minimum atomic E-state index is -1.02. The number of hydrogen-bond acceptors (Lipinski definition) is 7. The van der Waals surface area contributed by atoms with Crippen LogP contribution < -0.4 is 10.7 Å². The van der Waals surface area contributed by atoms with E-state index in [9.17, 15) is 14.3 Å². The second-order valence-electron chi connectivity index (χ2n) is 5.58. The first kappa shape index (κ1) is 22.5. The van der Waals surface area contributed by atoms with Crippen molar-refractivity contribution in [2.24, 2.45) is 4.99 Å². The first-order chi connectivity index (χ1) is 12.4. The SMILES string of the molecule is CCN(CC)Cc1nc(CS(=O)CCCNC(=NC)N[N+](=O)[O-])c(C)s1. The minimum Gasteiger partial charge on any atom is -0.352 e. The molecule has 0 aliphatic heterocycles. The van der Waals surface area contributed by atoms with Crippen molar-refractivity contribution in [1.29, 1.82) is 0 Å². The van der Waals surface area contributed by atoms with Crippen molar-refractivity contribution in [1.82, 2.24) is 20.6 Å². The molecule has 0 saturated heterocycles. The van der Waals surface area contributed by atoms with Crippen molar-refractivity contribution >= 4 is 28.1 Å². The van der Waals surface area contributed by atoms with E-state index in [1.54, 1.807) is 11.3 Å². The number of hydrazine groups is 1. The van der Waals surface area contributed by atoms with Crippen LogP contribution in [0.25, 0.3) is 0 Å². The Morgan fingerprint density at radius 2 is 2.12 bits per heavy atom. The van der Waals surface area contributed by atoms with Gasteiger partial charge in [0.05, 0.1) is 18.0 Å². The average Bonchev–Trinajstić information content (AvgIpc) is 2.94. The van der Waals surface area contributed by atoms with Crippen molar-refractivity contribution in [3.05, 3.63) is 25.7 Å². The maximum atomic E-state index is 12.3. The normalized spacial score (nSPS) is 13.0. The lowest BCUT2D eigenvalue weighted by Gasteiger charge is -2.15. The standard InChI is InChI=1S/C15H28N6O3S2/c1-5-20(6-2)10-14-18-13(12(3)25-14)11-26(24)9-7-8-17-15(16-4)19-21(22)23/h5-11H2,1-4H3,(H2,16,17,19). The summed E-state index contributed by atoms with van der Waals surface area (Å²) in [6.45, 7) is 9.54. The zero-order valence-electron chi connectivity index (χ0n) is 15.8. The molecular formula is C15H28N6O3S2. The van der Waals surface area contributed by atoms with Crippen molar-refractivity contribution < 1.29 is 9.24 Å². The van der Waals surface area contributed by atoms with E-state index in [1.165, 1.54) is 7.05 Å². The van der Waals surface area contributed by atoms with E-state index in [2.05, 4.69) is 34.0 Å². The highest BCUT2D eigenvalue weighted by Crippen LogP contribution is 2.20. The highest BCUT2D eigenvalue weighted by molar-refractivity contribution is 7.84. The van der Waals surface area contributed by atoms with Crippen LogP contribution in [0.3, 0.4) is 0 Å². The summed E-state index contributed by atoms with van der Waals surface area (Å²) in [5.74, 6) is 1.05. The van der Waals surface area contributed by atoms with E-state index in [4.69, 9.17) is 0 Å². The van der Waals surface area contributed by atoms with Gasteiger partial charge in [-0.25, -0.2) is 15.1 Å². The average molecular weight is 405 g/mol. The number of aliphatic imine (C=N–C) groups is 1. The Morgan fingerprint density at radius 3 is 2.69 bits per heavy atom. The Kier molecular flexibility index (Phi) is 10.3. The van der Waals surface area contributed by atoms with Crippen LogP contribution in [-0.2, 0) is 23.1 Å². The van der Waals surface area contributed by atoms with Crippen LogP contribution >= 0.6 is 11.3 Å². The van der Waals surface area contributed by atoms with Gasteiger partial charge in [-0.2, -0.15) is 0 Å². The van der Waals surface area contributed by atoms with E-state index in [-0.39, 0.29) is 5.96 Å². The van der Waals surface area contributed by atoms with Gasteiger partial charge in [-0.1, -0.05) is 19.3 Å². The van der Waals surface area contributed by atoms with Gasteiger partial charge < -0.3 is 5.32 Å². The lowest BCUT2D eigenvalue weighted by atomic mass is 10.4. The van der Waals surface area contributed by atoms with Gasteiger partial charge >= 0.3 is 0 Å². The van der Waals surface area contributed by atoms with Gasteiger partial charge in [0.15, 0.2) is 5.03 Å². The third kappa shape index (κ3) is 8.19. The fraction of sp³-hybridized carbons (Fsp3) is 0.733. The number of rotatable bonds is 11. The number of nitrogens with one attached hydrogen (secondary N) is 2. The molecule has 9 nitrogen and oxygen atoms in total. The van der Waals surface area contributed by atoms with E-state index in [1.807, 2.05) is 12.3 Å². The summed E-state index contributed by atoms with van der Waals surface area (Å²) >= 11 is 1.67. The van der Waals surface area contributed by atoms with E-state index in [0.29, 0.717) is 24.5 Å². The number of aromatic nitrogens is 1. The zero-order chi connectivity index (χ0) is 19.5. The molecule has 0 bridgehead atoms. The molecule has 0 radical (unpaired) electrons. The molecule has 0 amide bonds. The summed E-state index contributed by atoms with van der Waals surface area (Å²) < 4.78 is 12.3. The van der Waals surface area contributed by atoms with Gasteiger partial charge in [0.1, 0.15) is 5.01 Å². The van der Waals surface area contributed by atoms with Gasteiger partial charge in [-0.15, -0.1) is 11.3 Å². The lowest BCUT2D eigenvalue weighted by molar-refractivity contribution is -0.525. The van der Waals surface area contributed by atoms with E-state index >= 15 is 0 Å². The topological polar surface area (TPSA) is 113 Å². The zero-order valence-corrected chi connectivity index (χ0v) is 17.4. The second kappa shape index (κ2) is 11.9. The van der Waals surface area contributed by atoms with Crippen molar-refractivity contribution in [2.45, 2.75) is 39.5 Å². The quantitative estimate of drug-likeness (QED) is 0.188. The highest BCUT2D eigenvalue weighted by atomic mass is 32.2. The molecule has 11 heteroatoms. The molecule has 26 heavy (non-hydrogen) atoms. The van der Waals surface area contributed by atoms with Crippen LogP contribution in [0.15, 0.2) is 4.99 Å². The number of nitro groups is 1. The summed E-state index contributed by atoms with van der Waals surface area (Å²) in [5.41, 5.74) is 2.88. The molecule has 0 aromatic carbocycles. The molecule has 0 aliphatic rings. The minimum absolute atomic E-state index is 0.0946. The first-order valence-electron chi connectivity index (χ1n) is 8.53. The van der Waals surface area contributed by atoms with Crippen molar-refractivity contribution in [2.75, 3.05) is 32.4 Å². The van der Waals surface area contributed by atoms with Gasteiger partial charge in [0, 0.05) is 35.0 Å². The molecular weight excluding hydrogens is 376 g/mol. The summed E-state index contributed by atoms with van der Waals surface area (Å²) in [6.07, 6.45) is 0.626. The Labute approximate surface area is 160 Å². The fourth-order valence-corrected chi connectivity index (χ4v) is 4.53. The highest BCUT2D eigenvalue weighted by Gasteiger charge is 2.13. The molecule has 1 heterocycles. The predicted octanol–water partition coefficient (Wildman–Crippen LogP) is 1.29. The molecule has 1 unspecified atom stereocenters. The molecule has 1 aromatic rings. The lowest BCUT2D eigenvalue weighted by Crippen LogP contribution is -2.41. The Balaban J connectivity index is 2.41. The van der Waals surface area contributed by atoms with Crippen molar-refractivity contribution in [3.8, 4) is 0 Å². The molecule has 1 rings (SSSR count). The Bertz CT molecular complexity index is 631. The predicted molar refractivity (Wildman–Crippen MR) is 106 cm³/mol. The Morgan fingerprint density at radius 1 is 1.42 bits per heavy atom. The third-order valence-electron chi connectivity index (χ3n) is 3.75. The molecule has 2 N–H and O–H groups in total. The van der Waals surface area contributed by atoms with E-state index < -0.39 is 15.8 Å². The summed E-state index contributed by atoms with van der Waals surface area (Å²) in [4.78, 5) is 22.2. The molecule has 0 spiro atoms. The maximum absolute atomic E-state index is 12.3. The molecule has 0 fully saturated rings. The van der Waals surface area contributed by atoms with Crippen molar-refractivity contribution in [3.63, 3.8) is 0 Å². The second-order valence-corrected chi connectivity index (χ2v) is 8.45. The maximum Gasteiger partial charge on any atom is 0.253 e. The van der Waals surface area contributed by atoms with E-state index in [0.717, 1.165) is 35.2 Å². The molecule has 1 aromatic heterocycles. The Hall–Kier alpha value is -1.59. The first-order valence-corrected chi connectivity index (χ1v) is 10.8. The largest absolute Gasteiger partial charge is 0.352 e. The van der Waals surface area contributed by atoms with Gasteiger partial charge in [0.2, 0.25) is 0 Å². The number of hydrogen-bond donors (Lipinski definition) is 2. The van der Waals surface area contributed by atoms with Crippen LogP contribution in [0.4, 0.5) is 0 Å². The van der Waals surface area contributed by atoms with Gasteiger partial charge in [0.25, 0.3) is 5.96 Å². The number of guanidine groups is 1. The van der Waals surface area contributed by atoms with Gasteiger partial charge in [-0.3, -0.25) is 14.1 Å². The molecule has 0 aliphatic carbocycles. The molecule has 1 atom stereocenters. The van der Waals surface area contributed by atoms with Crippen LogP contribution in [0.5, 0.6) is 0 Å². The number of aryl methyl sites for hydroxylation is 1. The molecule has 148 valence electrons. The fourth-order valence-electron chi connectivity index (χ4n) is 2.25. The monoisotopic (exact) mass is 404 g/mol. The van der Waals surface area contributed by atoms with Crippen LogP contribution in [-0.4, -0.2) is 57.5 Å². The molecule has 0 saturated carbocycles. The summed E-state index contributed by atoms with van der Waals surface area (Å²) in [7, 11) is 0.441. The van der Waals surface area contributed by atoms with Crippen LogP contribution in [0, 0.1) is 17.0 Å². The van der Waals surface area contributed by atoms with Gasteiger partial charge in [-0.05, 0) is 26.4 Å².